The summed E-state index contributed by atoms with van der Waals surface area (Å²) in [6, 6.07) is 13.1. The molecule has 1 aromatic heterocycles. The molecule has 0 bridgehead atoms. The average molecular weight is 325 g/mol. The van der Waals surface area contributed by atoms with Gasteiger partial charge >= 0.3 is 0 Å². The van der Waals surface area contributed by atoms with Crippen LogP contribution in [0.25, 0.3) is 10.9 Å². The first kappa shape index (κ1) is 14.6. The van der Waals surface area contributed by atoms with Crippen LogP contribution in [-0.4, -0.2) is 28.8 Å². The number of nitrogens with one attached hydrogen (secondary N) is 1. The van der Waals surface area contributed by atoms with E-state index < -0.39 is 0 Å². The lowest BCUT2D eigenvalue weighted by Crippen LogP contribution is -3.07. The van der Waals surface area contributed by atoms with Crippen LogP contribution < -0.4 is 19.9 Å². The fraction of sp³-hybridized carbons (Fsp3) is 0.235. The molecule has 1 atom stereocenters. The molecular formula is C17H17N4O3+. The number of fused-ring (bicyclic) bond motifs is 2. The van der Waals surface area contributed by atoms with Gasteiger partial charge in [-0.3, -0.25) is 4.79 Å². The molecule has 7 heteroatoms. The van der Waals surface area contributed by atoms with Crippen molar-refractivity contribution in [2.75, 3.05) is 13.8 Å². The van der Waals surface area contributed by atoms with Gasteiger partial charge in [0.25, 0.3) is 5.56 Å². The first-order valence-electron chi connectivity index (χ1n) is 7.73. The van der Waals surface area contributed by atoms with Crippen molar-refractivity contribution in [1.82, 2.24) is 15.0 Å². The van der Waals surface area contributed by atoms with E-state index in [0.29, 0.717) is 17.6 Å². The van der Waals surface area contributed by atoms with Gasteiger partial charge in [0.05, 0.1) is 12.4 Å². The van der Waals surface area contributed by atoms with Gasteiger partial charge in [-0.25, -0.2) is 0 Å². The van der Waals surface area contributed by atoms with Gasteiger partial charge in [0.15, 0.2) is 18.2 Å². The Hall–Kier alpha value is -2.93. The monoisotopic (exact) mass is 325 g/mol. The molecule has 1 unspecified atom stereocenters. The van der Waals surface area contributed by atoms with Crippen LogP contribution in [0.2, 0.25) is 0 Å². The third-order valence-electron chi connectivity index (χ3n) is 3.99. The first-order chi connectivity index (χ1) is 11.7. The summed E-state index contributed by atoms with van der Waals surface area (Å²) in [6.45, 7) is 1.44. The molecule has 0 fully saturated rings. The lowest BCUT2D eigenvalue weighted by molar-refractivity contribution is -0.917. The molecular weight excluding hydrogens is 308 g/mol. The van der Waals surface area contributed by atoms with Gasteiger partial charge in [0.2, 0.25) is 6.79 Å². The zero-order valence-electron chi connectivity index (χ0n) is 13.2. The highest BCUT2D eigenvalue weighted by Gasteiger charge is 2.15. The standard InChI is InChI=1S/C17H16N4O3/c1-20(9-12-6-7-15-16(8-12)24-11-23-15)10-21-17(22)13-4-2-3-5-14(13)18-19-21/h2-8H,9-11H2,1H3/p+1. The van der Waals surface area contributed by atoms with Gasteiger partial charge in [-0.05, 0) is 30.3 Å². The number of benzene rings is 2. The highest BCUT2D eigenvalue weighted by atomic mass is 16.7. The van der Waals surface area contributed by atoms with E-state index in [1.165, 1.54) is 4.68 Å². The van der Waals surface area contributed by atoms with E-state index in [1.54, 1.807) is 12.1 Å². The molecule has 1 N–H and O–H groups in total. The maximum absolute atomic E-state index is 12.5. The lowest BCUT2D eigenvalue weighted by atomic mass is 10.2. The van der Waals surface area contributed by atoms with E-state index in [1.807, 2.05) is 37.4 Å². The minimum atomic E-state index is -0.120. The molecule has 122 valence electrons. The third-order valence-corrected chi connectivity index (χ3v) is 3.99. The van der Waals surface area contributed by atoms with Crippen molar-refractivity contribution in [1.29, 1.82) is 0 Å². The Balaban J connectivity index is 1.53. The van der Waals surface area contributed by atoms with Gasteiger partial charge in [0, 0.05) is 5.56 Å². The zero-order valence-corrected chi connectivity index (χ0v) is 13.2. The summed E-state index contributed by atoms with van der Waals surface area (Å²) in [4.78, 5) is 13.6. The van der Waals surface area contributed by atoms with E-state index in [-0.39, 0.29) is 12.4 Å². The maximum Gasteiger partial charge on any atom is 0.282 e. The number of rotatable bonds is 4. The Bertz CT molecular complexity index is 954. The summed E-state index contributed by atoms with van der Waals surface area (Å²) in [7, 11) is 2.01. The SMILES string of the molecule is C[NH+](Cc1ccc2c(c1)OCO2)Cn1nnc2ccccc2c1=O. The number of hydrogen-bond donors (Lipinski definition) is 1. The van der Waals surface area contributed by atoms with Crippen molar-refractivity contribution in [2.45, 2.75) is 13.2 Å². The van der Waals surface area contributed by atoms with Gasteiger partial charge < -0.3 is 14.4 Å². The molecule has 0 spiro atoms. The maximum atomic E-state index is 12.5. The fourth-order valence-corrected chi connectivity index (χ4v) is 2.84. The summed E-state index contributed by atoms with van der Waals surface area (Å²) in [5.41, 5.74) is 1.61. The molecule has 7 nitrogen and oxygen atoms in total. The predicted molar refractivity (Wildman–Crippen MR) is 87.0 cm³/mol. The Labute approximate surface area is 138 Å². The normalized spacial score (nSPS) is 14.0. The minimum Gasteiger partial charge on any atom is -0.454 e. The van der Waals surface area contributed by atoms with Crippen molar-refractivity contribution in [2.24, 2.45) is 0 Å². The lowest BCUT2D eigenvalue weighted by Gasteiger charge is -2.14. The van der Waals surface area contributed by atoms with Crippen molar-refractivity contribution in [3.8, 4) is 11.5 Å². The minimum absolute atomic E-state index is 0.120. The molecule has 2 aromatic carbocycles. The van der Waals surface area contributed by atoms with Crippen molar-refractivity contribution in [3.63, 3.8) is 0 Å². The zero-order chi connectivity index (χ0) is 16.5. The van der Waals surface area contributed by atoms with E-state index >= 15 is 0 Å². The molecule has 1 aliphatic rings. The van der Waals surface area contributed by atoms with Crippen LogP contribution in [-0.2, 0) is 13.2 Å². The van der Waals surface area contributed by atoms with E-state index in [2.05, 4.69) is 10.3 Å². The molecule has 0 amide bonds. The van der Waals surface area contributed by atoms with Crippen LogP contribution >= 0.6 is 0 Å². The van der Waals surface area contributed by atoms with Crippen LogP contribution in [0, 0.1) is 0 Å². The summed E-state index contributed by atoms with van der Waals surface area (Å²) in [6.07, 6.45) is 0. The fourth-order valence-electron chi connectivity index (χ4n) is 2.84. The van der Waals surface area contributed by atoms with E-state index in [9.17, 15) is 4.79 Å². The molecule has 2 heterocycles. The number of hydrogen-bond acceptors (Lipinski definition) is 5. The van der Waals surface area contributed by atoms with Crippen LogP contribution in [0.3, 0.4) is 0 Å². The number of ether oxygens (including phenoxy) is 2. The molecule has 0 radical (unpaired) electrons. The quantitative estimate of drug-likeness (QED) is 0.742. The average Bonchev–Trinajstić information content (AvgIpc) is 3.05. The predicted octanol–water partition coefficient (Wildman–Crippen LogP) is 0.193. The number of quaternary nitrogens is 1. The summed E-state index contributed by atoms with van der Waals surface area (Å²) in [5.74, 6) is 1.54. The molecule has 4 rings (SSSR count). The Kier molecular flexibility index (Phi) is 3.62. The van der Waals surface area contributed by atoms with Crippen LogP contribution in [0.5, 0.6) is 11.5 Å². The van der Waals surface area contributed by atoms with Gasteiger partial charge in [-0.2, -0.15) is 4.68 Å². The topological polar surface area (TPSA) is 70.7 Å². The molecule has 0 saturated heterocycles. The summed E-state index contributed by atoms with van der Waals surface area (Å²) < 4.78 is 12.1. The Morgan fingerprint density at radius 2 is 2.00 bits per heavy atom. The molecule has 0 aliphatic carbocycles. The summed E-state index contributed by atoms with van der Waals surface area (Å²) in [5, 5.41) is 8.73. The second-order valence-electron chi connectivity index (χ2n) is 5.89. The smallest absolute Gasteiger partial charge is 0.282 e. The summed E-state index contributed by atoms with van der Waals surface area (Å²) >= 11 is 0. The molecule has 1 aliphatic heterocycles. The van der Waals surface area contributed by atoms with Gasteiger partial charge in [0.1, 0.15) is 12.1 Å². The Morgan fingerprint density at radius 1 is 1.17 bits per heavy atom. The molecule has 3 aromatic rings. The van der Waals surface area contributed by atoms with Gasteiger partial charge in [-0.1, -0.05) is 17.3 Å². The van der Waals surface area contributed by atoms with Crippen molar-refractivity contribution >= 4 is 10.9 Å². The second kappa shape index (κ2) is 5.93. The van der Waals surface area contributed by atoms with E-state index in [4.69, 9.17) is 9.47 Å². The second-order valence-corrected chi connectivity index (χ2v) is 5.89. The highest BCUT2D eigenvalue weighted by molar-refractivity contribution is 5.76. The highest BCUT2D eigenvalue weighted by Crippen LogP contribution is 2.32. The van der Waals surface area contributed by atoms with Gasteiger partial charge in [-0.15, -0.1) is 5.10 Å². The molecule has 0 saturated carbocycles. The van der Waals surface area contributed by atoms with Crippen LogP contribution in [0.4, 0.5) is 0 Å². The first-order valence-corrected chi connectivity index (χ1v) is 7.73. The Morgan fingerprint density at radius 3 is 2.92 bits per heavy atom. The van der Waals surface area contributed by atoms with Crippen molar-refractivity contribution in [3.05, 3.63) is 58.4 Å². The van der Waals surface area contributed by atoms with E-state index in [0.717, 1.165) is 28.5 Å². The van der Waals surface area contributed by atoms with Crippen molar-refractivity contribution < 1.29 is 14.4 Å². The van der Waals surface area contributed by atoms with Crippen LogP contribution in [0.1, 0.15) is 5.56 Å². The number of nitrogens with zero attached hydrogens (tertiary/aromatic N) is 3. The largest absolute Gasteiger partial charge is 0.454 e. The third kappa shape index (κ3) is 2.69. The molecule has 24 heavy (non-hydrogen) atoms. The number of aromatic nitrogens is 3. The van der Waals surface area contributed by atoms with Crippen LogP contribution in [0.15, 0.2) is 47.3 Å².